The van der Waals surface area contributed by atoms with Gasteiger partial charge in [0, 0.05) is 71.8 Å². The number of hydrogen-bond donors (Lipinski definition) is 9. The fourth-order valence-corrected chi connectivity index (χ4v) is 15.3. The minimum atomic E-state index is -4.38. The number of non-ortho nitro benzene ring substituents is 3. The van der Waals surface area contributed by atoms with Gasteiger partial charge in [-0.2, -0.15) is 8.42 Å². The highest BCUT2D eigenvalue weighted by atomic mass is 79.9. The quantitative estimate of drug-likeness (QED) is 0.00574. The van der Waals surface area contributed by atoms with Crippen molar-refractivity contribution >= 4 is 131 Å². The third kappa shape index (κ3) is 35.5. The van der Waals surface area contributed by atoms with E-state index in [0.717, 1.165) is 67.7 Å². The molecule has 7 amide bonds. The minimum Gasteiger partial charge on any atom is -0.453 e. The van der Waals surface area contributed by atoms with Crippen LogP contribution in [-0.4, -0.2) is 147 Å². The van der Waals surface area contributed by atoms with Gasteiger partial charge in [-0.05, 0) is 117 Å². The van der Waals surface area contributed by atoms with Crippen LogP contribution in [-0.2, 0) is 113 Å². The lowest BCUT2D eigenvalue weighted by Gasteiger charge is -2.23. The number of nitrogens with zero attached hydrogens (tertiary/aromatic N) is 6. The van der Waals surface area contributed by atoms with E-state index in [4.69, 9.17) is 23.5 Å². The van der Waals surface area contributed by atoms with Crippen molar-refractivity contribution in [1.82, 2.24) is 52.2 Å². The Kier molecular flexibility index (Phi) is 40.4. The van der Waals surface area contributed by atoms with Crippen LogP contribution in [0.25, 0.3) is 0 Å². The molecule has 40 heteroatoms. The number of nitro benzene ring substituents is 3. The second-order valence-corrected chi connectivity index (χ2v) is 33.6. The smallest absolute Gasteiger partial charge is 0.408 e. The van der Waals surface area contributed by atoms with Crippen molar-refractivity contribution in [3.8, 4) is 0 Å². The number of anilines is 1. The number of amides is 7. The third-order valence-corrected chi connectivity index (χ3v) is 22.6. The number of ketones is 1. The van der Waals surface area contributed by atoms with Crippen LogP contribution in [0.4, 0.5) is 41.9 Å². The molecule has 0 aliphatic heterocycles. The fourth-order valence-electron chi connectivity index (χ4n) is 12.1. The molecule has 0 bridgehead atoms. The number of alkyl halides is 1. The Hall–Kier alpha value is -13.0. The SMILES string of the molecule is CC(C)(C)OC(=O)N[C@@H](Cc1ccc([N+](=O)[O-])cc1)C(=O)CBr.CCc1nc([C@H](Cc2ccc(NS(=O)(=O)O)cc2)NC(=O)[C@H](Cc2ccccc2)NC(=O)OC)cs1.CCc1nc([C@H](Cc2ccc([N+](=O)[O-])cc2)NC(=O)[C@H](Cc2ccccc2)NC(=O)OC)cs1.CCc1nc([C@H](Cc2ccc([N+](=O)[O-])cc2)NC(=O)[C@H](Cc2ccccc2)NC(=O)OC)cs1. The summed E-state index contributed by atoms with van der Waals surface area (Å²) in [4.78, 5) is 145. The fraction of sp³-hybridized carbons (Fsp3) is 0.322. The van der Waals surface area contributed by atoms with E-state index in [2.05, 4.69) is 68.1 Å². The molecule has 35 nitrogen and oxygen atoms in total. The minimum absolute atomic E-state index is 0.00327. The number of nitrogens with one attached hydrogen (secondary N) is 8. The largest absolute Gasteiger partial charge is 0.453 e. The first-order valence-electron chi connectivity index (χ1n) is 39.6. The average Bonchev–Trinajstić information content (AvgIpc) is 1.80. The van der Waals surface area contributed by atoms with Crippen LogP contribution in [0.5, 0.6) is 0 Å². The molecule has 3 heterocycles. The number of nitro groups is 3. The molecule has 0 saturated carbocycles. The molecule has 9 N–H and O–H groups in total. The van der Waals surface area contributed by atoms with Crippen molar-refractivity contribution in [2.24, 2.45) is 0 Å². The van der Waals surface area contributed by atoms with Gasteiger partial charge in [0.15, 0.2) is 5.78 Å². The van der Waals surface area contributed by atoms with Crippen LogP contribution in [0.2, 0.25) is 0 Å². The lowest BCUT2D eigenvalue weighted by atomic mass is 10.0. The summed E-state index contributed by atoms with van der Waals surface area (Å²) in [7, 11) is -0.663. The van der Waals surface area contributed by atoms with E-state index in [1.54, 1.807) is 69.3 Å². The van der Waals surface area contributed by atoms with Gasteiger partial charge in [0.25, 0.3) is 17.1 Å². The average molecular weight is 1880 g/mol. The van der Waals surface area contributed by atoms with E-state index in [1.165, 1.54) is 104 Å². The maximum Gasteiger partial charge on any atom is 0.408 e. The molecule has 0 unspecified atom stereocenters. The molecule has 0 radical (unpaired) electrons. The van der Waals surface area contributed by atoms with Gasteiger partial charge in [-0.1, -0.05) is 176 Å². The molecule has 674 valence electrons. The second kappa shape index (κ2) is 50.8. The second-order valence-electron chi connectivity index (χ2n) is 29.0. The van der Waals surface area contributed by atoms with Crippen LogP contribution in [0.15, 0.2) is 204 Å². The summed E-state index contributed by atoms with van der Waals surface area (Å²) in [6.45, 7) is 11.2. The van der Waals surface area contributed by atoms with E-state index in [1.807, 2.05) is 133 Å². The summed E-state index contributed by atoms with van der Waals surface area (Å²) in [5.74, 6) is -1.38. The predicted molar refractivity (Wildman–Crippen MR) is 483 cm³/mol. The zero-order valence-corrected chi connectivity index (χ0v) is 75.6. The zero-order valence-electron chi connectivity index (χ0n) is 70.8. The van der Waals surface area contributed by atoms with E-state index < -0.39 is 103 Å². The number of aromatic nitrogens is 3. The Morgan fingerprint density at radius 3 is 0.906 bits per heavy atom. The molecule has 10 aromatic rings. The lowest BCUT2D eigenvalue weighted by Crippen LogP contribution is -2.49. The van der Waals surface area contributed by atoms with Gasteiger partial charge in [-0.25, -0.2) is 34.1 Å². The van der Waals surface area contributed by atoms with Crippen molar-refractivity contribution < 1.29 is 85.0 Å². The van der Waals surface area contributed by atoms with Crippen molar-refractivity contribution in [2.45, 2.75) is 154 Å². The summed E-state index contributed by atoms with van der Waals surface area (Å²) < 4.78 is 52.3. The maximum absolute atomic E-state index is 13.3. The number of halogens is 1. The van der Waals surface area contributed by atoms with Crippen LogP contribution in [0, 0.1) is 30.3 Å². The topological polar surface area (TPSA) is 492 Å². The maximum atomic E-state index is 13.3. The lowest BCUT2D eigenvalue weighted by molar-refractivity contribution is -0.385. The summed E-state index contributed by atoms with van der Waals surface area (Å²) in [6, 6.07) is 47.8. The number of benzene rings is 7. The number of carbonyl (C=O) groups is 8. The van der Waals surface area contributed by atoms with Crippen LogP contribution >= 0.6 is 49.9 Å². The van der Waals surface area contributed by atoms with Crippen molar-refractivity contribution in [3.05, 3.63) is 306 Å². The van der Waals surface area contributed by atoms with Crippen LogP contribution in [0.3, 0.4) is 0 Å². The molecular weight excluding hydrogens is 1790 g/mol. The Morgan fingerprint density at radius 1 is 0.402 bits per heavy atom. The molecule has 0 aliphatic carbocycles. The van der Waals surface area contributed by atoms with Gasteiger partial charge >= 0.3 is 34.7 Å². The number of Topliss-reactive ketones (excluding diaryl/α,β-unsaturated/α-hetero) is 1. The van der Waals surface area contributed by atoms with Gasteiger partial charge in [-0.15, -0.1) is 34.0 Å². The number of aryl methyl sites for hydroxylation is 3. The summed E-state index contributed by atoms with van der Waals surface area (Å²) in [5, 5.41) is 60.5. The molecule has 7 atom stereocenters. The number of rotatable bonds is 37. The molecule has 127 heavy (non-hydrogen) atoms. The number of methoxy groups -OCH3 is 3. The summed E-state index contributed by atoms with van der Waals surface area (Å²) in [6.07, 6.45) is 1.66. The highest BCUT2D eigenvalue weighted by Crippen LogP contribution is 2.28. The van der Waals surface area contributed by atoms with Crippen molar-refractivity contribution in [1.29, 1.82) is 0 Å². The molecule has 0 saturated heterocycles. The monoisotopic (exact) mass is 1880 g/mol. The molecule has 0 fully saturated rings. The molecule has 0 aliphatic rings. The molecule has 0 spiro atoms. The summed E-state index contributed by atoms with van der Waals surface area (Å²) >= 11 is 7.58. The number of hydrogen-bond acceptors (Lipinski definition) is 26. The number of alkyl carbamates (subject to hydrolysis) is 4. The van der Waals surface area contributed by atoms with Gasteiger partial charge in [0.2, 0.25) is 17.7 Å². The predicted octanol–water partition coefficient (Wildman–Crippen LogP) is 14.2. The molecule has 10 rings (SSSR count). The van der Waals surface area contributed by atoms with Crippen molar-refractivity contribution in [2.75, 3.05) is 31.4 Å². The summed E-state index contributed by atoms with van der Waals surface area (Å²) in [5.41, 5.74) is 7.33. The first-order valence-corrected chi connectivity index (χ1v) is 44.8. The van der Waals surface area contributed by atoms with Gasteiger partial charge in [0.1, 0.15) is 23.7 Å². The standard InChI is InChI=1S/C24H28N4O6S2.2C24H26N4O5S.C15H19BrN2O5/c1-3-22-25-21(15-35-22)19(13-17-9-11-18(12-10-17)28-36(31,32)33)26-23(29)20(27-24(30)34-2)14-16-7-5-4-6-8-16;2*1-3-22-25-21(15-34-22)19(13-17-9-11-18(12-10-17)28(31)32)26-23(29)20(27-24(30)33-2)14-16-7-5-4-6-8-16;1-15(2,3)23-14(20)17-12(13(19)9-16)8-10-4-6-11(7-5-10)18(21)22/h4-12,15,19-20,28H,3,13-14H2,1-2H3,(H,26,29)(H,27,30)(H,31,32,33);2*4-12,15,19-20H,3,13-14H2,1-2H3,(H,26,29)(H,27,30);4-7,12H,8-9H2,1-3H3,(H,17,20)/t3*19-,20-;12-/m0000/s1. The van der Waals surface area contributed by atoms with Gasteiger partial charge < -0.3 is 56.2 Å². The Morgan fingerprint density at radius 2 is 0.661 bits per heavy atom. The van der Waals surface area contributed by atoms with Crippen LogP contribution in [0.1, 0.15) is 131 Å². The molecule has 3 aromatic heterocycles. The van der Waals surface area contributed by atoms with E-state index >= 15 is 0 Å². The zero-order chi connectivity index (χ0) is 92.8. The number of carbonyl (C=O) groups excluding carboxylic acids is 8. The third-order valence-electron chi connectivity index (χ3n) is 18.5. The van der Waals surface area contributed by atoms with E-state index in [9.17, 15) is 77.1 Å². The molecular formula is C87H99BrN14O21S4. The Balaban J connectivity index is 0.000000235. The van der Waals surface area contributed by atoms with E-state index in [-0.39, 0.29) is 71.4 Å². The van der Waals surface area contributed by atoms with E-state index in [0.29, 0.717) is 41.9 Å². The van der Waals surface area contributed by atoms with Gasteiger partial charge in [-0.3, -0.25) is 58.8 Å². The first-order chi connectivity index (χ1) is 60.6. The van der Waals surface area contributed by atoms with Crippen molar-refractivity contribution in [3.63, 3.8) is 0 Å². The number of thiazole rings is 3. The highest BCUT2D eigenvalue weighted by molar-refractivity contribution is 9.09. The van der Waals surface area contributed by atoms with Gasteiger partial charge in [0.05, 0.1) is 103 Å². The first kappa shape index (κ1) is 101. The Bertz CT molecular complexity index is 5210. The molecule has 7 aromatic carbocycles. The number of ether oxygens (including phenoxy) is 4. The van der Waals surface area contributed by atoms with Crippen LogP contribution < -0.4 is 41.9 Å². The highest BCUT2D eigenvalue weighted by Gasteiger charge is 2.32. The normalized spacial score (nSPS) is 12.5. The Labute approximate surface area is 753 Å².